The number of hydrogen-bond acceptors (Lipinski definition) is 5. The SMILES string of the molecule is CN1CCN(CC(=O)Nc2scc(-c3ccccc3)c2C(=O)O)CC1. The number of carboxylic acids is 1. The lowest BCUT2D eigenvalue weighted by atomic mass is 10.0. The van der Waals surface area contributed by atoms with Crippen LogP contribution in [0, 0.1) is 0 Å². The summed E-state index contributed by atoms with van der Waals surface area (Å²) < 4.78 is 0. The highest BCUT2D eigenvalue weighted by Gasteiger charge is 2.22. The second-order valence-corrected chi connectivity index (χ2v) is 7.03. The van der Waals surface area contributed by atoms with E-state index >= 15 is 0 Å². The van der Waals surface area contributed by atoms with Gasteiger partial charge in [-0.1, -0.05) is 30.3 Å². The van der Waals surface area contributed by atoms with E-state index in [1.54, 1.807) is 5.38 Å². The Bertz CT molecular complexity index is 752. The molecule has 7 heteroatoms. The fourth-order valence-corrected chi connectivity index (χ4v) is 3.85. The maximum absolute atomic E-state index is 12.3. The Morgan fingerprint density at radius 3 is 2.48 bits per heavy atom. The molecule has 6 nitrogen and oxygen atoms in total. The molecule has 2 aromatic rings. The second kappa shape index (κ2) is 7.77. The van der Waals surface area contributed by atoms with Gasteiger partial charge in [-0.3, -0.25) is 9.69 Å². The summed E-state index contributed by atoms with van der Waals surface area (Å²) in [5.41, 5.74) is 1.62. The summed E-state index contributed by atoms with van der Waals surface area (Å²) in [6, 6.07) is 9.35. The van der Waals surface area contributed by atoms with E-state index in [0.29, 0.717) is 10.6 Å². The zero-order valence-corrected chi connectivity index (χ0v) is 14.9. The molecule has 1 aromatic heterocycles. The van der Waals surface area contributed by atoms with Crippen LogP contribution in [0.3, 0.4) is 0 Å². The van der Waals surface area contributed by atoms with Crippen LogP contribution >= 0.6 is 11.3 Å². The van der Waals surface area contributed by atoms with Crippen LogP contribution in [0.2, 0.25) is 0 Å². The van der Waals surface area contributed by atoms with Crippen molar-refractivity contribution in [3.05, 3.63) is 41.3 Å². The molecule has 1 saturated heterocycles. The summed E-state index contributed by atoms with van der Waals surface area (Å²) in [5, 5.41) is 14.6. The summed E-state index contributed by atoms with van der Waals surface area (Å²) in [6.07, 6.45) is 0. The number of anilines is 1. The van der Waals surface area contributed by atoms with Crippen molar-refractivity contribution < 1.29 is 14.7 Å². The van der Waals surface area contributed by atoms with Crippen molar-refractivity contribution in [2.24, 2.45) is 0 Å². The van der Waals surface area contributed by atoms with Crippen LogP contribution in [-0.4, -0.2) is 66.6 Å². The van der Waals surface area contributed by atoms with Gasteiger partial charge in [-0.25, -0.2) is 4.79 Å². The third kappa shape index (κ3) is 4.25. The zero-order chi connectivity index (χ0) is 17.8. The number of carbonyl (C=O) groups excluding carboxylic acids is 1. The average Bonchev–Trinajstić information content (AvgIpc) is 3.01. The first-order chi connectivity index (χ1) is 12.0. The van der Waals surface area contributed by atoms with Gasteiger partial charge < -0.3 is 15.3 Å². The Morgan fingerprint density at radius 1 is 1.16 bits per heavy atom. The van der Waals surface area contributed by atoms with Crippen molar-refractivity contribution in [2.45, 2.75) is 0 Å². The largest absolute Gasteiger partial charge is 0.478 e. The van der Waals surface area contributed by atoms with Crippen molar-refractivity contribution in [3.63, 3.8) is 0 Å². The van der Waals surface area contributed by atoms with Crippen molar-refractivity contribution in [1.29, 1.82) is 0 Å². The zero-order valence-electron chi connectivity index (χ0n) is 14.1. The maximum Gasteiger partial charge on any atom is 0.339 e. The molecule has 1 amide bonds. The van der Waals surface area contributed by atoms with E-state index in [4.69, 9.17) is 0 Å². The lowest BCUT2D eigenvalue weighted by Gasteiger charge is -2.31. The number of carbonyl (C=O) groups is 2. The Hall–Kier alpha value is -2.22. The number of piperazine rings is 1. The highest BCUT2D eigenvalue weighted by Crippen LogP contribution is 2.35. The quantitative estimate of drug-likeness (QED) is 0.857. The third-order valence-electron chi connectivity index (χ3n) is 4.31. The van der Waals surface area contributed by atoms with E-state index < -0.39 is 5.97 Å². The maximum atomic E-state index is 12.3. The van der Waals surface area contributed by atoms with Gasteiger partial charge >= 0.3 is 5.97 Å². The molecule has 0 atom stereocenters. The van der Waals surface area contributed by atoms with Gasteiger partial charge in [0.1, 0.15) is 10.6 Å². The lowest BCUT2D eigenvalue weighted by molar-refractivity contribution is -0.117. The van der Waals surface area contributed by atoms with Gasteiger partial charge in [-0.05, 0) is 12.6 Å². The molecule has 0 bridgehead atoms. The molecule has 2 N–H and O–H groups in total. The minimum absolute atomic E-state index is 0.155. The molecule has 2 heterocycles. The average molecular weight is 359 g/mol. The first-order valence-corrected chi connectivity index (χ1v) is 9.03. The van der Waals surface area contributed by atoms with E-state index in [1.165, 1.54) is 11.3 Å². The predicted molar refractivity (Wildman–Crippen MR) is 99.3 cm³/mol. The standard InChI is InChI=1S/C18H21N3O3S/c1-20-7-9-21(10-8-20)11-15(22)19-17-16(18(23)24)14(12-25-17)13-5-3-2-4-6-13/h2-6,12H,7-11H2,1H3,(H,19,22)(H,23,24). The van der Waals surface area contributed by atoms with Crippen molar-refractivity contribution in [1.82, 2.24) is 9.80 Å². The molecule has 3 rings (SSSR count). The van der Waals surface area contributed by atoms with Crippen LogP contribution in [0.1, 0.15) is 10.4 Å². The molecule has 1 aliphatic heterocycles. The van der Waals surface area contributed by atoms with Crippen LogP contribution in [0.5, 0.6) is 0 Å². The van der Waals surface area contributed by atoms with Crippen LogP contribution < -0.4 is 5.32 Å². The van der Waals surface area contributed by atoms with Gasteiger partial charge in [0.2, 0.25) is 5.91 Å². The number of aromatic carboxylic acids is 1. The number of amides is 1. The van der Waals surface area contributed by atoms with E-state index in [-0.39, 0.29) is 18.0 Å². The van der Waals surface area contributed by atoms with Crippen molar-refractivity contribution in [2.75, 3.05) is 45.1 Å². The summed E-state index contributed by atoms with van der Waals surface area (Å²) in [5.74, 6) is -1.21. The smallest absolute Gasteiger partial charge is 0.339 e. The number of nitrogens with one attached hydrogen (secondary N) is 1. The van der Waals surface area contributed by atoms with Crippen molar-refractivity contribution >= 4 is 28.2 Å². The Balaban J connectivity index is 1.73. The van der Waals surface area contributed by atoms with Gasteiger partial charge in [-0.15, -0.1) is 11.3 Å². The van der Waals surface area contributed by atoms with Crippen LogP contribution in [0.15, 0.2) is 35.7 Å². The highest BCUT2D eigenvalue weighted by atomic mass is 32.1. The van der Waals surface area contributed by atoms with Crippen LogP contribution in [0.4, 0.5) is 5.00 Å². The Kier molecular flexibility index (Phi) is 5.47. The van der Waals surface area contributed by atoms with Crippen LogP contribution in [0.25, 0.3) is 11.1 Å². The molecular formula is C18H21N3O3S. The van der Waals surface area contributed by atoms with Gasteiger partial charge in [0, 0.05) is 37.1 Å². The number of thiophene rings is 1. The predicted octanol–water partition coefficient (Wildman–Crippen LogP) is 2.30. The highest BCUT2D eigenvalue weighted by molar-refractivity contribution is 7.15. The summed E-state index contributed by atoms with van der Waals surface area (Å²) in [7, 11) is 2.06. The molecule has 1 aliphatic rings. The molecule has 0 unspecified atom stereocenters. The summed E-state index contributed by atoms with van der Waals surface area (Å²) in [4.78, 5) is 28.4. The molecule has 25 heavy (non-hydrogen) atoms. The molecule has 1 aromatic carbocycles. The number of likely N-dealkylation sites (N-methyl/N-ethyl adjacent to an activating group) is 1. The monoisotopic (exact) mass is 359 g/mol. The van der Waals surface area contributed by atoms with Gasteiger partial charge in [-0.2, -0.15) is 0 Å². The van der Waals surface area contributed by atoms with Crippen LogP contribution in [-0.2, 0) is 4.79 Å². The molecule has 0 spiro atoms. The Labute approximate surface area is 150 Å². The number of rotatable bonds is 5. The Morgan fingerprint density at radius 2 is 1.84 bits per heavy atom. The van der Waals surface area contributed by atoms with Gasteiger partial charge in [0.25, 0.3) is 0 Å². The third-order valence-corrected chi connectivity index (χ3v) is 5.20. The topological polar surface area (TPSA) is 72.9 Å². The van der Waals surface area contributed by atoms with Crippen molar-refractivity contribution in [3.8, 4) is 11.1 Å². The lowest BCUT2D eigenvalue weighted by Crippen LogP contribution is -2.47. The second-order valence-electron chi connectivity index (χ2n) is 6.15. The number of carboxylic acid groups (broad SMARTS) is 1. The molecule has 0 saturated carbocycles. The van der Waals surface area contributed by atoms with Gasteiger partial charge in [0.05, 0.1) is 6.54 Å². The minimum atomic E-state index is -1.03. The van der Waals surface area contributed by atoms with E-state index in [1.807, 2.05) is 30.3 Å². The number of benzene rings is 1. The number of nitrogens with zero attached hydrogens (tertiary/aromatic N) is 2. The molecule has 0 radical (unpaired) electrons. The molecule has 0 aliphatic carbocycles. The molecule has 1 fully saturated rings. The molecule has 132 valence electrons. The normalized spacial score (nSPS) is 15.9. The fraction of sp³-hybridized carbons (Fsp3) is 0.333. The fourth-order valence-electron chi connectivity index (χ4n) is 2.87. The first-order valence-electron chi connectivity index (χ1n) is 8.15. The molecular weight excluding hydrogens is 338 g/mol. The van der Waals surface area contributed by atoms with E-state index in [2.05, 4.69) is 22.2 Å². The van der Waals surface area contributed by atoms with E-state index in [9.17, 15) is 14.7 Å². The van der Waals surface area contributed by atoms with Gasteiger partial charge in [0.15, 0.2) is 0 Å². The number of hydrogen-bond donors (Lipinski definition) is 2. The van der Waals surface area contributed by atoms with E-state index in [0.717, 1.165) is 31.7 Å². The summed E-state index contributed by atoms with van der Waals surface area (Å²) >= 11 is 1.25. The first kappa shape index (κ1) is 17.6. The minimum Gasteiger partial charge on any atom is -0.478 e. The summed E-state index contributed by atoms with van der Waals surface area (Å²) in [6.45, 7) is 3.84.